The predicted molar refractivity (Wildman–Crippen MR) is 114 cm³/mol. The van der Waals surface area contributed by atoms with Crippen LogP contribution in [0.25, 0.3) is 0 Å². The maximum Gasteiger partial charge on any atom is 0.257 e. The molecule has 0 unspecified atom stereocenters. The molecule has 0 aliphatic carbocycles. The first-order chi connectivity index (χ1) is 13.5. The van der Waals surface area contributed by atoms with Crippen molar-refractivity contribution in [2.45, 2.75) is 13.5 Å². The van der Waals surface area contributed by atoms with Gasteiger partial charge >= 0.3 is 0 Å². The van der Waals surface area contributed by atoms with E-state index in [9.17, 15) is 9.90 Å². The number of aromatic hydroxyl groups is 1. The molecule has 3 aromatic rings. The highest BCUT2D eigenvalue weighted by atomic mass is 32.1. The summed E-state index contributed by atoms with van der Waals surface area (Å²) in [5.41, 5.74) is 2.81. The van der Waals surface area contributed by atoms with Gasteiger partial charge in [0.15, 0.2) is 5.11 Å². The van der Waals surface area contributed by atoms with E-state index in [0.717, 1.165) is 11.1 Å². The average molecular weight is 392 g/mol. The molecule has 3 aromatic carbocycles. The van der Waals surface area contributed by atoms with Crippen molar-refractivity contribution < 1.29 is 14.6 Å². The summed E-state index contributed by atoms with van der Waals surface area (Å²) in [7, 11) is 0. The number of carbonyl (C=O) groups is 1. The smallest absolute Gasteiger partial charge is 0.257 e. The molecule has 0 saturated heterocycles. The van der Waals surface area contributed by atoms with Gasteiger partial charge in [-0.25, -0.2) is 0 Å². The molecule has 3 rings (SSSR count). The molecule has 0 atom stereocenters. The lowest BCUT2D eigenvalue weighted by atomic mass is 10.2. The van der Waals surface area contributed by atoms with Gasteiger partial charge in [-0.2, -0.15) is 0 Å². The van der Waals surface area contributed by atoms with E-state index in [2.05, 4.69) is 10.6 Å². The van der Waals surface area contributed by atoms with Crippen molar-refractivity contribution in [1.82, 2.24) is 5.32 Å². The van der Waals surface area contributed by atoms with Crippen molar-refractivity contribution in [3.63, 3.8) is 0 Å². The van der Waals surface area contributed by atoms with Crippen LogP contribution in [0.4, 0.5) is 5.69 Å². The highest BCUT2D eigenvalue weighted by Gasteiger charge is 2.10. The summed E-state index contributed by atoms with van der Waals surface area (Å²) in [6, 6.07) is 21.8. The molecule has 0 bridgehead atoms. The Morgan fingerprint density at radius 3 is 2.57 bits per heavy atom. The highest BCUT2D eigenvalue weighted by Crippen LogP contribution is 2.23. The number of phenols is 1. The molecule has 0 fully saturated rings. The van der Waals surface area contributed by atoms with Crippen LogP contribution in [0.3, 0.4) is 0 Å². The van der Waals surface area contributed by atoms with E-state index in [0.29, 0.717) is 23.6 Å². The van der Waals surface area contributed by atoms with Gasteiger partial charge in [0.25, 0.3) is 5.91 Å². The molecular weight excluding hydrogens is 372 g/mol. The zero-order chi connectivity index (χ0) is 19.9. The Hall–Kier alpha value is -3.38. The van der Waals surface area contributed by atoms with Gasteiger partial charge in [-0.05, 0) is 60.6 Å². The Kier molecular flexibility index (Phi) is 6.24. The second-order valence-electron chi connectivity index (χ2n) is 6.23. The minimum absolute atomic E-state index is 0.0629. The molecule has 0 spiro atoms. The standard InChI is InChI=1S/C22H20N2O3S/c1-15-10-11-19(20(25)12-15)23-22(28)24-21(26)17-8-5-9-18(13-17)27-14-16-6-3-2-4-7-16/h2-13,25H,14H2,1H3,(H2,23,24,26,28). The normalized spacial score (nSPS) is 10.2. The van der Waals surface area contributed by atoms with Crippen molar-refractivity contribution in [1.29, 1.82) is 0 Å². The first-order valence-electron chi connectivity index (χ1n) is 8.70. The maximum absolute atomic E-state index is 12.5. The zero-order valence-corrected chi connectivity index (χ0v) is 16.1. The molecule has 3 N–H and O–H groups in total. The third-order valence-corrected chi connectivity index (χ3v) is 4.18. The highest BCUT2D eigenvalue weighted by molar-refractivity contribution is 7.80. The van der Waals surface area contributed by atoms with Gasteiger partial charge < -0.3 is 15.2 Å². The van der Waals surface area contributed by atoms with Gasteiger partial charge in [0.05, 0.1) is 5.69 Å². The van der Waals surface area contributed by atoms with E-state index in [1.807, 2.05) is 43.3 Å². The molecule has 0 heterocycles. The van der Waals surface area contributed by atoms with Crippen molar-refractivity contribution in [3.8, 4) is 11.5 Å². The van der Waals surface area contributed by atoms with E-state index >= 15 is 0 Å². The number of ether oxygens (including phenoxy) is 1. The summed E-state index contributed by atoms with van der Waals surface area (Å²) in [5, 5.41) is 15.4. The minimum Gasteiger partial charge on any atom is -0.506 e. The molecule has 0 radical (unpaired) electrons. The van der Waals surface area contributed by atoms with Gasteiger partial charge in [0.2, 0.25) is 0 Å². The Morgan fingerprint density at radius 2 is 1.82 bits per heavy atom. The Bertz CT molecular complexity index is 990. The van der Waals surface area contributed by atoms with Crippen LogP contribution in [-0.2, 0) is 6.61 Å². The molecule has 0 aliphatic heterocycles. The van der Waals surface area contributed by atoms with Gasteiger partial charge in [-0.15, -0.1) is 0 Å². The third-order valence-electron chi connectivity index (χ3n) is 3.97. The molecule has 142 valence electrons. The van der Waals surface area contributed by atoms with Crippen LogP contribution in [0.2, 0.25) is 0 Å². The molecule has 0 saturated carbocycles. The molecule has 6 heteroatoms. The van der Waals surface area contributed by atoms with Crippen LogP contribution in [-0.4, -0.2) is 16.1 Å². The number of amides is 1. The second-order valence-corrected chi connectivity index (χ2v) is 6.64. The average Bonchev–Trinajstić information content (AvgIpc) is 2.69. The first kappa shape index (κ1) is 19.4. The molecule has 1 amide bonds. The number of rotatable bonds is 5. The monoisotopic (exact) mass is 392 g/mol. The van der Waals surface area contributed by atoms with Crippen LogP contribution < -0.4 is 15.4 Å². The Labute approximate surface area is 169 Å². The number of thiocarbonyl (C=S) groups is 1. The van der Waals surface area contributed by atoms with Gasteiger partial charge in [-0.3, -0.25) is 10.1 Å². The SMILES string of the molecule is Cc1ccc(NC(=S)NC(=O)c2cccc(OCc3ccccc3)c2)c(O)c1. The van der Waals surface area contributed by atoms with Crippen LogP contribution in [0.1, 0.15) is 21.5 Å². The third kappa shape index (κ3) is 5.31. The molecular formula is C22H20N2O3S. The van der Waals surface area contributed by atoms with Crippen molar-refractivity contribution in [3.05, 3.63) is 89.5 Å². The van der Waals surface area contributed by atoms with E-state index in [4.69, 9.17) is 17.0 Å². The fourth-order valence-electron chi connectivity index (χ4n) is 2.54. The quantitative estimate of drug-likeness (QED) is 0.443. The number of phenolic OH excluding ortho intramolecular Hbond substituents is 1. The topological polar surface area (TPSA) is 70.6 Å². The number of hydrogen-bond donors (Lipinski definition) is 3. The summed E-state index contributed by atoms with van der Waals surface area (Å²) < 4.78 is 5.75. The van der Waals surface area contributed by atoms with Crippen molar-refractivity contribution in [2.75, 3.05) is 5.32 Å². The van der Waals surface area contributed by atoms with Gasteiger partial charge in [0.1, 0.15) is 18.1 Å². The minimum atomic E-state index is -0.366. The van der Waals surface area contributed by atoms with E-state index < -0.39 is 0 Å². The fraction of sp³-hybridized carbons (Fsp3) is 0.0909. The zero-order valence-electron chi connectivity index (χ0n) is 15.3. The number of carbonyl (C=O) groups excluding carboxylic acids is 1. The van der Waals surface area contributed by atoms with Crippen molar-refractivity contribution in [2.24, 2.45) is 0 Å². The van der Waals surface area contributed by atoms with Gasteiger partial charge in [0, 0.05) is 5.56 Å². The molecule has 0 aliphatic rings. The lowest BCUT2D eigenvalue weighted by molar-refractivity contribution is 0.0977. The molecule has 28 heavy (non-hydrogen) atoms. The van der Waals surface area contributed by atoms with Crippen LogP contribution in [0, 0.1) is 6.92 Å². The summed E-state index contributed by atoms with van der Waals surface area (Å²) >= 11 is 5.17. The number of nitrogens with one attached hydrogen (secondary N) is 2. The lowest BCUT2D eigenvalue weighted by Crippen LogP contribution is -2.34. The number of hydrogen-bond acceptors (Lipinski definition) is 4. The van der Waals surface area contributed by atoms with E-state index in [1.54, 1.807) is 36.4 Å². The number of aryl methyl sites for hydroxylation is 1. The maximum atomic E-state index is 12.5. The second kappa shape index (κ2) is 9.01. The number of anilines is 1. The van der Waals surface area contributed by atoms with Crippen LogP contribution >= 0.6 is 12.2 Å². The van der Waals surface area contributed by atoms with Crippen LogP contribution in [0.15, 0.2) is 72.8 Å². The Morgan fingerprint density at radius 1 is 1.04 bits per heavy atom. The summed E-state index contributed by atoms with van der Waals surface area (Å²) in [5.74, 6) is 0.286. The lowest BCUT2D eigenvalue weighted by Gasteiger charge is -2.12. The largest absolute Gasteiger partial charge is 0.506 e. The fourth-order valence-corrected chi connectivity index (χ4v) is 2.75. The van der Waals surface area contributed by atoms with E-state index in [1.165, 1.54) is 0 Å². The summed E-state index contributed by atoms with van der Waals surface area (Å²) in [6.07, 6.45) is 0. The summed E-state index contributed by atoms with van der Waals surface area (Å²) in [6.45, 7) is 2.29. The number of benzene rings is 3. The van der Waals surface area contributed by atoms with Crippen molar-refractivity contribution >= 4 is 28.9 Å². The van der Waals surface area contributed by atoms with Crippen LogP contribution in [0.5, 0.6) is 11.5 Å². The van der Waals surface area contributed by atoms with Gasteiger partial charge in [-0.1, -0.05) is 42.5 Å². The Balaban J connectivity index is 1.60. The summed E-state index contributed by atoms with van der Waals surface area (Å²) in [4.78, 5) is 12.5. The molecule has 0 aromatic heterocycles. The molecule has 5 nitrogen and oxygen atoms in total. The predicted octanol–water partition coefficient (Wildman–Crippen LogP) is 4.41. The first-order valence-corrected chi connectivity index (χ1v) is 9.11. The van der Waals surface area contributed by atoms with E-state index in [-0.39, 0.29) is 16.8 Å².